The van der Waals surface area contributed by atoms with Gasteiger partial charge in [0.1, 0.15) is 6.04 Å². The average Bonchev–Trinajstić information content (AvgIpc) is 2.98. The SMILES string of the molecule is CC(C(=O)N1CCCC1)n1cc(CCN)nn1. The van der Waals surface area contributed by atoms with Gasteiger partial charge >= 0.3 is 0 Å². The van der Waals surface area contributed by atoms with Crippen LogP contribution in [0.3, 0.4) is 0 Å². The fourth-order valence-corrected chi connectivity index (χ4v) is 2.08. The van der Waals surface area contributed by atoms with Crippen molar-refractivity contribution in [2.75, 3.05) is 19.6 Å². The predicted molar refractivity (Wildman–Crippen MR) is 63.3 cm³/mol. The van der Waals surface area contributed by atoms with E-state index in [-0.39, 0.29) is 11.9 Å². The van der Waals surface area contributed by atoms with E-state index in [0.29, 0.717) is 13.0 Å². The van der Waals surface area contributed by atoms with Crippen LogP contribution in [0.5, 0.6) is 0 Å². The molecule has 1 amide bonds. The topological polar surface area (TPSA) is 77.0 Å². The zero-order valence-electron chi connectivity index (χ0n) is 10.2. The molecule has 1 fully saturated rings. The van der Waals surface area contributed by atoms with E-state index in [1.54, 1.807) is 4.68 Å². The lowest BCUT2D eigenvalue weighted by atomic mass is 10.3. The minimum atomic E-state index is -0.271. The van der Waals surface area contributed by atoms with Crippen LogP contribution in [-0.4, -0.2) is 45.4 Å². The Balaban J connectivity index is 2.02. The summed E-state index contributed by atoms with van der Waals surface area (Å²) in [6.07, 6.45) is 4.72. The molecule has 2 N–H and O–H groups in total. The van der Waals surface area contributed by atoms with Crippen LogP contribution < -0.4 is 5.73 Å². The fourth-order valence-electron chi connectivity index (χ4n) is 2.08. The quantitative estimate of drug-likeness (QED) is 0.797. The molecule has 0 aliphatic carbocycles. The maximum Gasteiger partial charge on any atom is 0.247 e. The van der Waals surface area contributed by atoms with Crippen molar-refractivity contribution in [3.8, 4) is 0 Å². The third-order valence-corrected chi connectivity index (χ3v) is 3.13. The minimum absolute atomic E-state index is 0.131. The second kappa shape index (κ2) is 5.27. The maximum atomic E-state index is 12.1. The van der Waals surface area contributed by atoms with Gasteiger partial charge in [0, 0.05) is 25.7 Å². The first-order valence-electron chi connectivity index (χ1n) is 6.12. The molecule has 0 spiro atoms. The van der Waals surface area contributed by atoms with Crippen LogP contribution in [-0.2, 0) is 11.2 Å². The second-order valence-corrected chi connectivity index (χ2v) is 4.44. The van der Waals surface area contributed by atoms with Crippen molar-refractivity contribution in [2.24, 2.45) is 5.73 Å². The predicted octanol–water partition coefficient (Wildman–Crippen LogP) is -0.0373. The van der Waals surface area contributed by atoms with E-state index >= 15 is 0 Å². The Hall–Kier alpha value is -1.43. The molecule has 1 aliphatic heterocycles. The van der Waals surface area contributed by atoms with Crippen LogP contribution >= 0.6 is 0 Å². The molecule has 0 saturated carbocycles. The summed E-state index contributed by atoms with van der Waals surface area (Å²) < 4.78 is 1.63. The van der Waals surface area contributed by atoms with E-state index in [4.69, 9.17) is 5.73 Å². The molecule has 2 rings (SSSR count). The summed E-state index contributed by atoms with van der Waals surface area (Å²) in [6.45, 7) is 4.15. The molecule has 6 nitrogen and oxygen atoms in total. The number of carbonyl (C=O) groups excluding carboxylic acids is 1. The summed E-state index contributed by atoms with van der Waals surface area (Å²) in [4.78, 5) is 14.0. The Kier molecular flexibility index (Phi) is 3.73. The van der Waals surface area contributed by atoms with E-state index in [9.17, 15) is 4.79 Å². The molecular formula is C11H19N5O. The van der Waals surface area contributed by atoms with Crippen molar-refractivity contribution in [1.29, 1.82) is 0 Å². The van der Waals surface area contributed by atoms with E-state index < -0.39 is 0 Å². The van der Waals surface area contributed by atoms with Crippen molar-refractivity contribution in [2.45, 2.75) is 32.2 Å². The zero-order valence-corrected chi connectivity index (χ0v) is 10.2. The van der Waals surface area contributed by atoms with E-state index in [1.807, 2.05) is 18.0 Å². The first kappa shape index (κ1) is 12.0. The summed E-state index contributed by atoms with van der Waals surface area (Å²) in [5.74, 6) is 0.131. The Morgan fingerprint density at radius 2 is 2.24 bits per heavy atom. The van der Waals surface area contributed by atoms with Crippen LogP contribution in [0.1, 0.15) is 31.5 Å². The molecule has 1 aromatic rings. The number of aromatic nitrogens is 3. The lowest BCUT2D eigenvalue weighted by Crippen LogP contribution is -2.34. The number of amides is 1. The summed E-state index contributed by atoms with van der Waals surface area (Å²) in [5.41, 5.74) is 6.29. The number of carbonyl (C=O) groups is 1. The van der Waals surface area contributed by atoms with Gasteiger partial charge < -0.3 is 10.6 Å². The van der Waals surface area contributed by atoms with Gasteiger partial charge in [-0.3, -0.25) is 4.79 Å². The van der Waals surface area contributed by atoms with Gasteiger partial charge in [-0.25, -0.2) is 4.68 Å². The molecule has 1 atom stereocenters. The van der Waals surface area contributed by atoms with Gasteiger partial charge in [0.2, 0.25) is 5.91 Å². The normalized spacial score (nSPS) is 17.4. The standard InChI is InChI=1S/C11H19N5O/c1-9(11(17)15-6-2-3-7-15)16-8-10(4-5-12)13-14-16/h8-9H,2-7,12H2,1H3. The summed E-state index contributed by atoms with van der Waals surface area (Å²) in [6, 6.07) is -0.271. The van der Waals surface area contributed by atoms with E-state index in [0.717, 1.165) is 31.6 Å². The average molecular weight is 237 g/mol. The lowest BCUT2D eigenvalue weighted by molar-refractivity contribution is -0.133. The van der Waals surface area contributed by atoms with Crippen molar-refractivity contribution >= 4 is 5.91 Å². The molecule has 0 bridgehead atoms. The highest BCUT2D eigenvalue weighted by Gasteiger charge is 2.25. The highest BCUT2D eigenvalue weighted by Crippen LogP contribution is 2.14. The summed E-state index contributed by atoms with van der Waals surface area (Å²) in [5, 5.41) is 7.99. The monoisotopic (exact) mass is 237 g/mol. The van der Waals surface area contributed by atoms with Crippen molar-refractivity contribution in [3.63, 3.8) is 0 Å². The van der Waals surface area contributed by atoms with Crippen molar-refractivity contribution < 1.29 is 4.79 Å². The van der Waals surface area contributed by atoms with Crippen LogP contribution in [0.25, 0.3) is 0 Å². The van der Waals surface area contributed by atoms with Gasteiger partial charge in [-0.05, 0) is 26.3 Å². The third-order valence-electron chi connectivity index (χ3n) is 3.13. The number of hydrogen-bond acceptors (Lipinski definition) is 4. The molecule has 1 aromatic heterocycles. The number of likely N-dealkylation sites (tertiary alicyclic amines) is 1. The van der Waals surface area contributed by atoms with Crippen LogP contribution in [0.2, 0.25) is 0 Å². The Labute approximate surface area is 101 Å². The Morgan fingerprint density at radius 1 is 1.53 bits per heavy atom. The number of nitrogens with two attached hydrogens (primary N) is 1. The molecular weight excluding hydrogens is 218 g/mol. The first-order valence-corrected chi connectivity index (χ1v) is 6.12. The third kappa shape index (κ3) is 2.63. The lowest BCUT2D eigenvalue weighted by Gasteiger charge is -2.19. The molecule has 0 aromatic carbocycles. The van der Waals surface area contributed by atoms with E-state index in [2.05, 4.69) is 10.3 Å². The first-order chi connectivity index (χ1) is 8.22. The highest BCUT2D eigenvalue weighted by molar-refractivity contribution is 5.80. The zero-order chi connectivity index (χ0) is 12.3. The molecule has 6 heteroatoms. The molecule has 2 heterocycles. The van der Waals surface area contributed by atoms with Gasteiger partial charge in [-0.15, -0.1) is 5.10 Å². The minimum Gasteiger partial charge on any atom is -0.341 e. The van der Waals surface area contributed by atoms with Gasteiger partial charge in [-0.1, -0.05) is 5.21 Å². The molecule has 1 unspecified atom stereocenters. The van der Waals surface area contributed by atoms with Crippen molar-refractivity contribution in [3.05, 3.63) is 11.9 Å². The molecule has 0 radical (unpaired) electrons. The van der Waals surface area contributed by atoms with Crippen LogP contribution in [0.4, 0.5) is 0 Å². The fraction of sp³-hybridized carbons (Fsp3) is 0.727. The highest BCUT2D eigenvalue weighted by atomic mass is 16.2. The summed E-state index contributed by atoms with van der Waals surface area (Å²) in [7, 11) is 0. The Morgan fingerprint density at radius 3 is 2.88 bits per heavy atom. The van der Waals surface area contributed by atoms with Crippen LogP contribution in [0, 0.1) is 0 Å². The van der Waals surface area contributed by atoms with Gasteiger partial charge in [0.25, 0.3) is 0 Å². The van der Waals surface area contributed by atoms with Crippen molar-refractivity contribution in [1.82, 2.24) is 19.9 Å². The smallest absolute Gasteiger partial charge is 0.247 e. The van der Waals surface area contributed by atoms with Gasteiger partial charge in [-0.2, -0.15) is 0 Å². The van der Waals surface area contributed by atoms with Gasteiger partial charge in [0.05, 0.1) is 5.69 Å². The molecule has 1 aliphatic rings. The van der Waals surface area contributed by atoms with E-state index in [1.165, 1.54) is 0 Å². The largest absolute Gasteiger partial charge is 0.341 e. The molecule has 1 saturated heterocycles. The maximum absolute atomic E-state index is 12.1. The molecule has 94 valence electrons. The summed E-state index contributed by atoms with van der Waals surface area (Å²) >= 11 is 0. The van der Waals surface area contributed by atoms with Crippen LogP contribution in [0.15, 0.2) is 6.20 Å². The number of rotatable bonds is 4. The molecule has 17 heavy (non-hydrogen) atoms. The Bertz CT molecular complexity index is 383. The second-order valence-electron chi connectivity index (χ2n) is 4.44. The van der Waals surface area contributed by atoms with Gasteiger partial charge in [0.15, 0.2) is 0 Å². The number of hydrogen-bond donors (Lipinski definition) is 1. The number of nitrogens with zero attached hydrogens (tertiary/aromatic N) is 4.